The van der Waals surface area contributed by atoms with Crippen molar-refractivity contribution in [3.63, 3.8) is 0 Å². The second-order valence-electron chi connectivity index (χ2n) is 4.79. The number of anilines is 3. The first-order valence-electron chi connectivity index (χ1n) is 7.16. The van der Waals surface area contributed by atoms with Crippen LogP contribution in [0.5, 0.6) is 0 Å². The van der Waals surface area contributed by atoms with Crippen LogP contribution in [0.15, 0.2) is 61.7 Å². The molecular weight excluding hydrogens is 290 g/mol. The molecule has 0 saturated heterocycles. The lowest BCUT2D eigenvalue weighted by atomic mass is 10.3. The second kappa shape index (κ2) is 6.69. The highest BCUT2D eigenvalue weighted by Gasteiger charge is 2.12. The van der Waals surface area contributed by atoms with Gasteiger partial charge in [-0.05, 0) is 12.1 Å². The maximum absolute atomic E-state index is 4.52. The Bertz CT molecular complexity index is 768. The highest BCUT2D eigenvalue weighted by Crippen LogP contribution is 2.21. The Morgan fingerprint density at radius 3 is 2.74 bits per heavy atom. The van der Waals surface area contributed by atoms with Gasteiger partial charge in [-0.3, -0.25) is 4.57 Å². The lowest BCUT2D eigenvalue weighted by Crippen LogP contribution is -2.17. The van der Waals surface area contributed by atoms with Crippen LogP contribution in [0.1, 0.15) is 0 Å². The van der Waals surface area contributed by atoms with Crippen LogP contribution < -0.4 is 10.2 Å². The topological polar surface area (TPSA) is 71.8 Å². The molecule has 0 aliphatic carbocycles. The Hall–Kier alpha value is -3.22. The molecular formula is C16H17N7. The van der Waals surface area contributed by atoms with E-state index in [4.69, 9.17) is 0 Å². The molecule has 1 aromatic carbocycles. The third-order valence-electron chi connectivity index (χ3n) is 3.20. The molecule has 0 saturated carbocycles. The number of hydrogen-bond acceptors (Lipinski definition) is 6. The molecule has 0 fully saturated rings. The van der Waals surface area contributed by atoms with Gasteiger partial charge in [0, 0.05) is 31.7 Å². The zero-order valence-corrected chi connectivity index (χ0v) is 12.8. The summed E-state index contributed by atoms with van der Waals surface area (Å²) in [4.78, 5) is 19.3. The van der Waals surface area contributed by atoms with Crippen molar-refractivity contribution in [2.24, 2.45) is 0 Å². The third kappa shape index (κ3) is 3.34. The minimum absolute atomic E-state index is 0.487. The summed E-state index contributed by atoms with van der Waals surface area (Å²) in [5.74, 6) is 1.53. The van der Waals surface area contributed by atoms with Crippen molar-refractivity contribution in [3.05, 3.63) is 61.7 Å². The summed E-state index contributed by atoms with van der Waals surface area (Å²) in [6.07, 6.45) is 6.88. The number of para-hydroxylation sites is 1. The number of imidazole rings is 1. The Morgan fingerprint density at radius 1 is 1.22 bits per heavy atom. The number of aromatic nitrogens is 5. The standard InChI is InChI=1S/C16H17N7/c1-3-9-18-14-19-15(22(2)13-7-5-4-6-8-13)21-16(20-14)23-11-10-17-12-23/h3-8,10-12H,1,9H2,2H3,(H,18,19,20,21). The highest BCUT2D eigenvalue weighted by atomic mass is 15.3. The molecule has 0 spiro atoms. The Labute approximate surface area is 134 Å². The van der Waals surface area contributed by atoms with Gasteiger partial charge in [-0.1, -0.05) is 24.3 Å². The van der Waals surface area contributed by atoms with Gasteiger partial charge in [-0.25, -0.2) is 4.98 Å². The summed E-state index contributed by atoms with van der Waals surface area (Å²) >= 11 is 0. The Kier molecular flexibility index (Phi) is 4.28. The van der Waals surface area contributed by atoms with Crippen molar-refractivity contribution in [2.75, 3.05) is 23.8 Å². The van der Waals surface area contributed by atoms with Crippen LogP contribution in [0.25, 0.3) is 5.95 Å². The van der Waals surface area contributed by atoms with Crippen molar-refractivity contribution < 1.29 is 0 Å². The molecule has 2 aromatic heterocycles. The fourth-order valence-electron chi connectivity index (χ4n) is 2.01. The van der Waals surface area contributed by atoms with E-state index in [0.29, 0.717) is 24.4 Å². The quantitative estimate of drug-likeness (QED) is 0.705. The van der Waals surface area contributed by atoms with E-state index in [1.54, 1.807) is 29.4 Å². The molecule has 0 bridgehead atoms. The minimum atomic E-state index is 0.487. The van der Waals surface area contributed by atoms with Gasteiger partial charge in [-0.2, -0.15) is 15.0 Å². The molecule has 7 heteroatoms. The van der Waals surface area contributed by atoms with Crippen LogP contribution >= 0.6 is 0 Å². The van der Waals surface area contributed by atoms with Crippen LogP contribution in [0.3, 0.4) is 0 Å². The number of nitrogens with zero attached hydrogens (tertiary/aromatic N) is 6. The fourth-order valence-corrected chi connectivity index (χ4v) is 2.01. The van der Waals surface area contributed by atoms with E-state index in [-0.39, 0.29) is 0 Å². The molecule has 1 N–H and O–H groups in total. The average molecular weight is 307 g/mol. The van der Waals surface area contributed by atoms with Gasteiger partial charge in [0.1, 0.15) is 6.33 Å². The molecule has 23 heavy (non-hydrogen) atoms. The van der Waals surface area contributed by atoms with E-state index in [2.05, 4.69) is 31.8 Å². The lowest BCUT2D eigenvalue weighted by molar-refractivity contribution is 0.880. The first-order chi connectivity index (χ1) is 11.3. The van der Waals surface area contributed by atoms with Crippen molar-refractivity contribution >= 4 is 17.6 Å². The van der Waals surface area contributed by atoms with Gasteiger partial charge in [0.05, 0.1) is 0 Å². The van der Waals surface area contributed by atoms with Crippen molar-refractivity contribution in [2.45, 2.75) is 0 Å². The number of hydrogen-bond donors (Lipinski definition) is 1. The number of rotatable bonds is 6. The largest absolute Gasteiger partial charge is 0.351 e. The predicted octanol–water partition coefficient (Wildman–Crippen LogP) is 2.42. The summed E-state index contributed by atoms with van der Waals surface area (Å²) in [5, 5.41) is 3.10. The van der Waals surface area contributed by atoms with E-state index in [1.807, 2.05) is 42.3 Å². The Morgan fingerprint density at radius 2 is 2.04 bits per heavy atom. The van der Waals surface area contributed by atoms with Crippen LogP contribution in [0.4, 0.5) is 17.6 Å². The SMILES string of the molecule is C=CCNc1nc(N(C)c2ccccc2)nc(-n2ccnc2)n1. The molecule has 0 radical (unpaired) electrons. The summed E-state index contributed by atoms with van der Waals surface area (Å²) in [5.41, 5.74) is 0.991. The molecule has 0 unspecified atom stereocenters. The Balaban J connectivity index is 2.01. The van der Waals surface area contributed by atoms with Gasteiger partial charge in [0.15, 0.2) is 0 Å². The van der Waals surface area contributed by atoms with Crippen molar-refractivity contribution in [3.8, 4) is 5.95 Å². The second-order valence-corrected chi connectivity index (χ2v) is 4.79. The number of benzene rings is 1. The molecule has 7 nitrogen and oxygen atoms in total. The smallest absolute Gasteiger partial charge is 0.241 e. The molecule has 116 valence electrons. The van der Waals surface area contributed by atoms with Gasteiger partial charge < -0.3 is 10.2 Å². The predicted molar refractivity (Wildman–Crippen MR) is 90.1 cm³/mol. The first-order valence-corrected chi connectivity index (χ1v) is 7.16. The van der Waals surface area contributed by atoms with Crippen LogP contribution in [-0.4, -0.2) is 38.1 Å². The first kappa shape index (κ1) is 14.7. The molecule has 2 heterocycles. The van der Waals surface area contributed by atoms with Crippen LogP contribution in [-0.2, 0) is 0 Å². The summed E-state index contributed by atoms with van der Waals surface area (Å²) in [6.45, 7) is 4.27. The van der Waals surface area contributed by atoms with Gasteiger partial charge >= 0.3 is 0 Å². The normalized spacial score (nSPS) is 10.3. The van der Waals surface area contributed by atoms with Crippen LogP contribution in [0, 0.1) is 0 Å². The zero-order valence-electron chi connectivity index (χ0n) is 12.8. The fraction of sp³-hybridized carbons (Fsp3) is 0.125. The summed E-state index contributed by atoms with van der Waals surface area (Å²) in [6, 6.07) is 9.91. The van der Waals surface area contributed by atoms with Crippen LogP contribution in [0.2, 0.25) is 0 Å². The van der Waals surface area contributed by atoms with Crippen molar-refractivity contribution in [1.82, 2.24) is 24.5 Å². The minimum Gasteiger partial charge on any atom is -0.351 e. The monoisotopic (exact) mass is 307 g/mol. The molecule has 0 amide bonds. The maximum atomic E-state index is 4.52. The maximum Gasteiger partial charge on any atom is 0.241 e. The van der Waals surface area contributed by atoms with E-state index in [9.17, 15) is 0 Å². The zero-order chi connectivity index (χ0) is 16.1. The van der Waals surface area contributed by atoms with E-state index in [1.165, 1.54) is 0 Å². The average Bonchev–Trinajstić information content (AvgIpc) is 3.14. The molecule has 3 rings (SSSR count). The molecule has 0 aliphatic rings. The van der Waals surface area contributed by atoms with Crippen molar-refractivity contribution in [1.29, 1.82) is 0 Å². The molecule has 0 atom stereocenters. The summed E-state index contributed by atoms with van der Waals surface area (Å²) in [7, 11) is 1.92. The van der Waals surface area contributed by atoms with E-state index >= 15 is 0 Å². The lowest BCUT2D eigenvalue weighted by Gasteiger charge is -2.18. The number of nitrogens with one attached hydrogen (secondary N) is 1. The highest BCUT2D eigenvalue weighted by molar-refractivity contribution is 5.57. The molecule has 3 aromatic rings. The third-order valence-corrected chi connectivity index (χ3v) is 3.20. The van der Waals surface area contributed by atoms with Gasteiger partial charge in [-0.15, -0.1) is 6.58 Å². The van der Waals surface area contributed by atoms with Gasteiger partial charge in [0.2, 0.25) is 17.8 Å². The van der Waals surface area contributed by atoms with E-state index in [0.717, 1.165) is 5.69 Å². The van der Waals surface area contributed by atoms with E-state index < -0.39 is 0 Å². The molecule has 0 aliphatic heterocycles. The summed E-state index contributed by atoms with van der Waals surface area (Å²) < 4.78 is 1.74. The van der Waals surface area contributed by atoms with Gasteiger partial charge in [0.25, 0.3) is 0 Å².